The molecule has 0 aromatic carbocycles. The SMILES string of the molecule is C=CCNC(C)(C(=O)OC)c1cncc(F)c1. The Hall–Kier alpha value is -1.75. The van der Waals surface area contributed by atoms with Crippen molar-refractivity contribution in [3.63, 3.8) is 0 Å². The summed E-state index contributed by atoms with van der Waals surface area (Å²) in [5.74, 6) is -1.01. The number of nitrogens with one attached hydrogen (secondary N) is 1. The Morgan fingerprint density at radius 2 is 2.41 bits per heavy atom. The molecule has 17 heavy (non-hydrogen) atoms. The number of esters is 1. The van der Waals surface area contributed by atoms with Crippen LogP contribution in [0.4, 0.5) is 4.39 Å². The first-order chi connectivity index (χ1) is 8.04. The van der Waals surface area contributed by atoms with E-state index in [4.69, 9.17) is 4.74 Å². The summed E-state index contributed by atoms with van der Waals surface area (Å²) in [7, 11) is 1.28. The molecule has 1 aromatic rings. The Labute approximate surface area is 99.5 Å². The molecule has 0 saturated carbocycles. The van der Waals surface area contributed by atoms with Gasteiger partial charge < -0.3 is 4.74 Å². The van der Waals surface area contributed by atoms with Crippen molar-refractivity contribution in [3.8, 4) is 0 Å². The summed E-state index contributed by atoms with van der Waals surface area (Å²) in [6.45, 7) is 5.56. The molecule has 1 rings (SSSR count). The summed E-state index contributed by atoms with van der Waals surface area (Å²) in [6, 6.07) is 1.25. The maximum atomic E-state index is 13.1. The number of halogens is 1. The molecule has 4 nitrogen and oxygen atoms in total. The van der Waals surface area contributed by atoms with Crippen molar-refractivity contribution in [2.24, 2.45) is 0 Å². The highest BCUT2D eigenvalue weighted by atomic mass is 19.1. The molecule has 0 spiro atoms. The van der Waals surface area contributed by atoms with Crippen molar-refractivity contribution in [2.75, 3.05) is 13.7 Å². The van der Waals surface area contributed by atoms with Crippen LogP contribution in [0.25, 0.3) is 0 Å². The number of methoxy groups -OCH3 is 1. The van der Waals surface area contributed by atoms with Crippen LogP contribution in [0.1, 0.15) is 12.5 Å². The van der Waals surface area contributed by atoms with Crippen LogP contribution in [0, 0.1) is 5.82 Å². The highest BCUT2D eigenvalue weighted by Gasteiger charge is 2.36. The Bertz CT molecular complexity index is 423. The first kappa shape index (κ1) is 13.3. The van der Waals surface area contributed by atoms with Crippen LogP contribution < -0.4 is 5.32 Å². The zero-order chi connectivity index (χ0) is 12.9. The van der Waals surface area contributed by atoms with Gasteiger partial charge in [0.1, 0.15) is 11.4 Å². The van der Waals surface area contributed by atoms with Crippen molar-refractivity contribution in [2.45, 2.75) is 12.5 Å². The van der Waals surface area contributed by atoms with Gasteiger partial charge in [-0.25, -0.2) is 9.18 Å². The number of rotatable bonds is 5. The lowest BCUT2D eigenvalue weighted by Crippen LogP contribution is -2.47. The van der Waals surface area contributed by atoms with Gasteiger partial charge in [0.15, 0.2) is 0 Å². The van der Waals surface area contributed by atoms with Crippen LogP contribution >= 0.6 is 0 Å². The Balaban J connectivity index is 3.13. The molecule has 0 aliphatic rings. The molecular formula is C12H15FN2O2. The molecule has 0 radical (unpaired) electrons. The number of ether oxygens (including phenoxy) is 1. The lowest BCUT2D eigenvalue weighted by Gasteiger charge is -2.27. The second kappa shape index (κ2) is 5.54. The minimum atomic E-state index is -1.14. The van der Waals surface area contributed by atoms with Gasteiger partial charge >= 0.3 is 5.97 Å². The maximum absolute atomic E-state index is 13.1. The molecule has 0 saturated heterocycles. The van der Waals surface area contributed by atoms with Crippen LogP contribution in [0.5, 0.6) is 0 Å². The predicted octanol–water partition coefficient (Wildman–Crippen LogP) is 1.38. The molecule has 1 aromatic heterocycles. The van der Waals surface area contributed by atoms with Crippen LogP contribution in [0.3, 0.4) is 0 Å². The van der Waals surface area contributed by atoms with E-state index in [9.17, 15) is 9.18 Å². The minimum Gasteiger partial charge on any atom is -0.467 e. The Kier molecular flexibility index (Phi) is 4.34. The third-order valence-electron chi connectivity index (χ3n) is 2.48. The highest BCUT2D eigenvalue weighted by Crippen LogP contribution is 2.22. The summed E-state index contributed by atoms with van der Waals surface area (Å²) < 4.78 is 17.8. The number of carbonyl (C=O) groups is 1. The van der Waals surface area contributed by atoms with E-state index in [1.54, 1.807) is 13.0 Å². The van der Waals surface area contributed by atoms with Gasteiger partial charge in [-0.1, -0.05) is 6.08 Å². The molecule has 0 fully saturated rings. The van der Waals surface area contributed by atoms with Gasteiger partial charge in [-0.2, -0.15) is 0 Å². The topological polar surface area (TPSA) is 51.2 Å². The molecule has 0 aliphatic carbocycles. The summed E-state index contributed by atoms with van der Waals surface area (Å²) in [6.07, 6.45) is 4.11. The quantitative estimate of drug-likeness (QED) is 0.622. The lowest BCUT2D eigenvalue weighted by atomic mass is 9.93. The first-order valence-electron chi connectivity index (χ1n) is 5.10. The monoisotopic (exact) mass is 238 g/mol. The van der Waals surface area contributed by atoms with Gasteiger partial charge in [-0.15, -0.1) is 6.58 Å². The second-order valence-electron chi connectivity index (χ2n) is 3.68. The van der Waals surface area contributed by atoms with E-state index in [1.165, 1.54) is 19.4 Å². The van der Waals surface area contributed by atoms with Crippen LogP contribution in [-0.4, -0.2) is 24.6 Å². The predicted molar refractivity (Wildman–Crippen MR) is 61.8 cm³/mol. The fourth-order valence-corrected chi connectivity index (χ4v) is 1.46. The van der Waals surface area contributed by atoms with Gasteiger partial charge in [-0.05, 0) is 13.0 Å². The fourth-order valence-electron chi connectivity index (χ4n) is 1.46. The van der Waals surface area contributed by atoms with Crippen molar-refractivity contribution >= 4 is 5.97 Å². The van der Waals surface area contributed by atoms with Crippen LogP contribution in [0.2, 0.25) is 0 Å². The van der Waals surface area contributed by atoms with Gasteiger partial charge in [-0.3, -0.25) is 10.3 Å². The molecule has 1 N–H and O–H groups in total. The van der Waals surface area contributed by atoms with Gasteiger partial charge in [0.2, 0.25) is 0 Å². The molecule has 1 heterocycles. The van der Waals surface area contributed by atoms with Gasteiger partial charge in [0.25, 0.3) is 0 Å². The standard InChI is InChI=1S/C12H15FN2O2/c1-4-5-15-12(2,11(16)17-3)9-6-10(13)8-14-7-9/h4,6-8,15H,1,5H2,2-3H3. The first-order valence-corrected chi connectivity index (χ1v) is 5.10. The van der Waals surface area contributed by atoms with Crippen LogP contribution in [-0.2, 0) is 15.1 Å². The molecule has 0 amide bonds. The highest BCUT2D eigenvalue weighted by molar-refractivity contribution is 5.82. The largest absolute Gasteiger partial charge is 0.467 e. The summed E-state index contributed by atoms with van der Waals surface area (Å²) in [5.41, 5.74) is -0.732. The number of hydrogen-bond donors (Lipinski definition) is 1. The second-order valence-corrected chi connectivity index (χ2v) is 3.68. The van der Waals surface area contributed by atoms with E-state index in [0.717, 1.165) is 6.20 Å². The van der Waals surface area contributed by atoms with Crippen molar-refractivity contribution < 1.29 is 13.9 Å². The number of nitrogens with zero attached hydrogens (tertiary/aromatic N) is 1. The van der Waals surface area contributed by atoms with E-state index < -0.39 is 17.3 Å². The van der Waals surface area contributed by atoms with Gasteiger partial charge in [0, 0.05) is 18.3 Å². The summed E-state index contributed by atoms with van der Waals surface area (Å²) >= 11 is 0. The maximum Gasteiger partial charge on any atom is 0.330 e. The normalized spacial score (nSPS) is 13.8. The summed E-state index contributed by atoms with van der Waals surface area (Å²) in [5, 5.41) is 2.94. The van der Waals surface area contributed by atoms with E-state index in [1.807, 2.05) is 0 Å². The van der Waals surface area contributed by atoms with Gasteiger partial charge in [0.05, 0.1) is 13.3 Å². The number of hydrogen-bond acceptors (Lipinski definition) is 4. The van der Waals surface area contributed by atoms with Crippen molar-refractivity contribution in [3.05, 3.63) is 42.5 Å². The number of carbonyl (C=O) groups excluding carboxylic acids is 1. The summed E-state index contributed by atoms with van der Waals surface area (Å²) in [4.78, 5) is 15.5. The van der Waals surface area contributed by atoms with Crippen molar-refractivity contribution in [1.29, 1.82) is 0 Å². The zero-order valence-electron chi connectivity index (χ0n) is 9.87. The number of aromatic nitrogens is 1. The van der Waals surface area contributed by atoms with E-state index in [2.05, 4.69) is 16.9 Å². The van der Waals surface area contributed by atoms with E-state index >= 15 is 0 Å². The van der Waals surface area contributed by atoms with Crippen LogP contribution in [0.15, 0.2) is 31.1 Å². The lowest BCUT2D eigenvalue weighted by molar-refractivity contribution is -0.148. The smallest absolute Gasteiger partial charge is 0.330 e. The third kappa shape index (κ3) is 2.88. The zero-order valence-corrected chi connectivity index (χ0v) is 9.87. The van der Waals surface area contributed by atoms with E-state index in [-0.39, 0.29) is 0 Å². The average molecular weight is 238 g/mol. The molecule has 0 aliphatic heterocycles. The minimum absolute atomic E-state index is 0.391. The molecule has 92 valence electrons. The third-order valence-corrected chi connectivity index (χ3v) is 2.48. The Morgan fingerprint density at radius 3 is 2.94 bits per heavy atom. The molecule has 0 bridgehead atoms. The van der Waals surface area contributed by atoms with Crippen molar-refractivity contribution in [1.82, 2.24) is 10.3 Å². The molecular weight excluding hydrogens is 223 g/mol. The molecule has 5 heteroatoms. The number of pyridine rings is 1. The molecule has 1 atom stereocenters. The Morgan fingerprint density at radius 1 is 1.71 bits per heavy atom. The average Bonchev–Trinajstić information content (AvgIpc) is 2.34. The fraction of sp³-hybridized carbons (Fsp3) is 0.333. The molecule has 1 unspecified atom stereocenters. The van der Waals surface area contributed by atoms with E-state index in [0.29, 0.717) is 12.1 Å².